The van der Waals surface area contributed by atoms with Crippen LogP contribution in [0.25, 0.3) is 0 Å². The van der Waals surface area contributed by atoms with Gasteiger partial charge in [0, 0.05) is 13.1 Å². The molecule has 1 aromatic heterocycles. The number of rotatable bonds is 3. The monoisotopic (exact) mass is 292 g/mol. The van der Waals surface area contributed by atoms with E-state index in [2.05, 4.69) is 0 Å². The van der Waals surface area contributed by atoms with E-state index in [4.69, 9.17) is 10.2 Å². The van der Waals surface area contributed by atoms with Crippen LogP contribution in [0, 0.1) is 0 Å². The number of fused-ring (bicyclic) bond motifs is 1. The summed E-state index contributed by atoms with van der Waals surface area (Å²) in [6, 6.07) is 8.73. The van der Waals surface area contributed by atoms with Gasteiger partial charge in [-0.05, 0) is 42.2 Å². The fraction of sp³-hybridized carbons (Fsp3) is 0.286. The third-order valence-corrected chi connectivity index (χ3v) is 5.20. The van der Waals surface area contributed by atoms with Gasteiger partial charge in [0.15, 0.2) is 0 Å². The standard InChI is InChI=1S/C14H16N2O3S/c15-10-11-5-6-13-12(9-11)3-1-7-16(13)20(17,18)14-4-2-8-19-14/h2,4-6,8-9H,1,3,7,10,15H2. The van der Waals surface area contributed by atoms with E-state index in [1.165, 1.54) is 16.6 Å². The molecular weight excluding hydrogens is 276 g/mol. The first kappa shape index (κ1) is 13.2. The Kier molecular flexibility index (Phi) is 3.27. The Labute approximate surface area is 118 Å². The van der Waals surface area contributed by atoms with Gasteiger partial charge in [0.05, 0.1) is 12.0 Å². The van der Waals surface area contributed by atoms with Crippen LogP contribution in [0.15, 0.2) is 46.1 Å². The third kappa shape index (κ3) is 2.10. The van der Waals surface area contributed by atoms with Gasteiger partial charge >= 0.3 is 0 Å². The van der Waals surface area contributed by atoms with E-state index in [0.717, 1.165) is 29.7 Å². The number of benzene rings is 1. The van der Waals surface area contributed by atoms with E-state index in [0.29, 0.717) is 13.1 Å². The summed E-state index contributed by atoms with van der Waals surface area (Å²) in [6.45, 7) is 0.927. The Bertz CT molecular complexity index is 708. The number of hydrogen-bond acceptors (Lipinski definition) is 4. The largest absolute Gasteiger partial charge is 0.451 e. The smallest absolute Gasteiger partial charge is 0.297 e. The molecule has 0 radical (unpaired) electrons. The lowest BCUT2D eigenvalue weighted by Gasteiger charge is -2.29. The van der Waals surface area contributed by atoms with E-state index in [9.17, 15) is 8.42 Å². The molecule has 0 amide bonds. The molecule has 2 N–H and O–H groups in total. The van der Waals surface area contributed by atoms with Crippen LogP contribution in [-0.4, -0.2) is 15.0 Å². The number of sulfonamides is 1. The van der Waals surface area contributed by atoms with E-state index < -0.39 is 10.0 Å². The Morgan fingerprint density at radius 3 is 2.85 bits per heavy atom. The summed E-state index contributed by atoms with van der Waals surface area (Å²) in [5.74, 6) is 0. The van der Waals surface area contributed by atoms with Gasteiger partial charge in [0.25, 0.3) is 10.0 Å². The average molecular weight is 292 g/mol. The Morgan fingerprint density at radius 1 is 1.30 bits per heavy atom. The normalized spacial score (nSPS) is 15.2. The summed E-state index contributed by atoms with van der Waals surface area (Å²) in [7, 11) is -3.62. The van der Waals surface area contributed by atoms with E-state index in [-0.39, 0.29) is 5.09 Å². The van der Waals surface area contributed by atoms with E-state index >= 15 is 0 Å². The Balaban J connectivity index is 2.06. The van der Waals surface area contributed by atoms with Crippen LogP contribution >= 0.6 is 0 Å². The molecule has 0 aliphatic carbocycles. The van der Waals surface area contributed by atoms with Crippen LogP contribution in [0.4, 0.5) is 5.69 Å². The maximum atomic E-state index is 12.6. The van der Waals surface area contributed by atoms with Crippen molar-refractivity contribution in [3.05, 3.63) is 47.7 Å². The minimum absolute atomic E-state index is 0.0201. The molecule has 0 fully saturated rings. The van der Waals surface area contributed by atoms with E-state index in [1.54, 1.807) is 6.07 Å². The highest BCUT2D eigenvalue weighted by molar-refractivity contribution is 7.92. The van der Waals surface area contributed by atoms with Crippen molar-refractivity contribution >= 4 is 15.7 Å². The van der Waals surface area contributed by atoms with Crippen molar-refractivity contribution in [3.8, 4) is 0 Å². The van der Waals surface area contributed by atoms with Gasteiger partial charge < -0.3 is 10.2 Å². The van der Waals surface area contributed by atoms with Crippen molar-refractivity contribution in [1.82, 2.24) is 0 Å². The molecule has 0 saturated carbocycles. The zero-order valence-corrected chi connectivity index (χ0v) is 11.8. The van der Waals surface area contributed by atoms with Crippen LogP contribution in [0.2, 0.25) is 0 Å². The highest BCUT2D eigenvalue weighted by Crippen LogP contribution is 2.32. The fourth-order valence-electron chi connectivity index (χ4n) is 2.51. The number of nitrogens with two attached hydrogens (primary N) is 1. The van der Waals surface area contributed by atoms with Crippen LogP contribution < -0.4 is 10.0 Å². The van der Waals surface area contributed by atoms with E-state index in [1.807, 2.05) is 18.2 Å². The van der Waals surface area contributed by atoms with Gasteiger partial charge in [0.1, 0.15) is 0 Å². The molecule has 3 rings (SSSR count). The lowest BCUT2D eigenvalue weighted by Crippen LogP contribution is -2.35. The number of nitrogens with zero attached hydrogens (tertiary/aromatic N) is 1. The molecule has 1 aliphatic rings. The van der Waals surface area contributed by atoms with Gasteiger partial charge in [-0.2, -0.15) is 8.42 Å². The molecule has 0 saturated heterocycles. The summed E-state index contributed by atoms with van der Waals surface area (Å²) in [6.07, 6.45) is 3.03. The maximum absolute atomic E-state index is 12.6. The highest BCUT2D eigenvalue weighted by atomic mass is 32.2. The predicted octanol–water partition coefficient (Wildman–Crippen LogP) is 1.88. The molecule has 2 heterocycles. The molecular formula is C14H16N2O3S. The van der Waals surface area contributed by atoms with Gasteiger partial charge in [-0.1, -0.05) is 12.1 Å². The first-order chi connectivity index (χ1) is 9.63. The summed E-state index contributed by atoms with van der Waals surface area (Å²) < 4.78 is 31.6. The minimum Gasteiger partial charge on any atom is -0.451 e. The predicted molar refractivity (Wildman–Crippen MR) is 75.9 cm³/mol. The summed E-state index contributed by atoms with van der Waals surface area (Å²) in [5, 5.41) is -0.0201. The second-order valence-corrected chi connectivity index (χ2v) is 6.57. The molecule has 0 spiro atoms. The lowest BCUT2D eigenvalue weighted by atomic mass is 10.0. The highest BCUT2D eigenvalue weighted by Gasteiger charge is 2.30. The number of furan rings is 1. The van der Waals surface area contributed by atoms with Crippen molar-refractivity contribution in [2.24, 2.45) is 5.73 Å². The van der Waals surface area contributed by atoms with Gasteiger partial charge in [-0.15, -0.1) is 0 Å². The molecule has 5 nitrogen and oxygen atoms in total. The molecule has 0 unspecified atom stereocenters. The van der Waals surface area contributed by atoms with Crippen LogP contribution in [0.3, 0.4) is 0 Å². The second-order valence-electron chi connectivity index (χ2n) is 4.78. The van der Waals surface area contributed by atoms with Gasteiger partial charge in [-0.3, -0.25) is 4.31 Å². The maximum Gasteiger partial charge on any atom is 0.297 e. The van der Waals surface area contributed by atoms with Crippen molar-refractivity contribution in [2.75, 3.05) is 10.8 Å². The lowest BCUT2D eigenvalue weighted by molar-refractivity contribution is 0.448. The molecule has 0 bridgehead atoms. The minimum atomic E-state index is -3.62. The van der Waals surface area contributed by atoms with Crippen LogP contribution in [0.5, 0.6) is 0 Å². The van der Waals surface area contributed by atoms with Gasteiger partial charge in [-0.25, -0.2) is 0 Å². The molecule has 0 atom stereocenters. The quantitative estimate of drug-likeness (QED) is 0.937. The molecule has 106 valence electrons. The Morgan fingerprint density at radius 2 is 2.15 bits per heavy atom. The van der Waals surface area contributed by atoms with Gasteiger partial charge in [0.2, 0.25) is 5.09 Å². The Hall–Kier alpha value is -1.79. The number of aryl methyl sites for hydroxylation is 1. The average Bonchev–Trinajstić information content (AvgIpc) is 3.01. The zero-order valence-electron chi connectivity index (χ0n) is 11.0. The number of anilines is 1. The van der Waals surface area contributed by atoms with Crippen LogP contribution in [0.1, 0.15) is 17.5 Å². The molecule has 1 aromatic carbocycles. The zero-order chi connectivity index (χ0) is 14.2. The summed E-state index contributed by atoms with van der Waals surface area (Å²) >= 11 is 0. The topological polar surface area (TPSA) is 76.5 Å². The number of hydrogen-bond donors (Lipinski definition) is 1. The van der Waals surface area contributed by atoms with Crippen LogP contribution in [-0.2, 0) is 23.0 Å². The summed E-state index contributed by atoms with van der Waals surface area (Å²) in [5.41, 5.74) is 8.40. The molecule has 6 heteroatoms. The first-order valence-electron chi connectivity index (χ1n) is 6.51. The fourth-order valence-corrected chi connectivity index (χ4v) is 3.96. The van der Waals surface area contributed by atoms with Crippen molar-refractivity contribution in [3.63, 3.8) is 0 Å². The van der Waals surface area contributed by atoms with Crippen molar-refractivity contribution in [1.29, 1.82) is 0 Å². The van der Waals surface area contributed by atoms with Crippen molar-refractivity contribution < 1.29 is 12.8 Å². The second kappa shape index (κ2) is 4.96. The SMILES string of the molecule is NCc1ccc2c(c1)CCCN2S(=O)(=O)c1ccco1. The molecule has 1 aliphatic heterocycles. The summed E-state index contributed by atoms with van der Waals surface area (Å²) in [4.78, 5) is 0. The first-order valence-corrected chi connectivity index (χ1v) is 7.95. The third-order valence-electron chi connectivity index (χ3n) is 3.50. The van der Waals surface area contributed by atoms with Crippen molar-refractivity contribution in [2.45, 2.75) is 24.5 Å². The molecule has 2 aromatic rings. The molecule has 20 heavy (non-hydrogen) atoms.